The van der Waals surface area contributed by atoms with Crippen molar-refractivity contribution in [2.24, 2.45) is 0 Å². The van der Waals surface area contributed by atoms with Gasteiger partial charge < -0.3 is 14.8 Å². The minimum absolute atomic E-state index is 0.208. The van der Waals surface area contributed by atoms with Crippen LogP contribution in [0.1, 0.15) is 6.92 Å². The molecular weight excluding hydrogens is 356 g/mol. The third-order valence-electron chi connectivity index (χ3n) is 3.06. The summed E-state index contributed by atoms with van der Waals surface area (Å²) in [6.07, 6.45) is -0.755. The highest BCUT2D eigenvalue weighted by Crippen LogP contribution is 2.32. The van der Waals surface area contributed by atoms with Crippen LogP contribution in [0.5, 0.6) is 11.5 Å². The first-order chi connectivity index (χ1) is 11.5. The number of nitrogens with one attached hydrogen (secondary N) is 1. The van der Waals surface area contributed by atoms with Crippen LogP contribution in [0.25, 0.3) is 0 Å². The summed E-state index contributed by atoms with van der Waals surface area (Å²) in [6.45, 7) is 2.06. The molecule has 128 valence electrons. The smallest absolute Gasteiger partial charge is 0.260 e. The highest BCUT2D eigenvalue weighted by Gasteiger charge is 2.16. The van der Waals surface area contributed by atoms with Crippen LogP contribution in [0.3, 0.4) is 0 Å². The number of hydrogen-bond acceptors (Lipinski definition) is 3. The Balaban J connectivity index is 1.76. The minimum atomic E-state index is -0.755. The summed E-state index contributed by atoms with van der Waals surface area (Å²) in [4.78, 5) is 12.0. The molecule has 1 amide bonds. The second kappa shape index (κ2) is 8.76. The largest absolute Gasteiger partial charge is 0.492 e. The molecule has 0 saturated heterocycles. The molecule has 2 rings (SSSR count). The van der Waals surface area contributed by atoms with Crippen molar-refractivity contribution in [2.45, 2.75) is 13.0 Å². The van der Waals surface area contributed by atoms with Crippen LogP contribution in [0.15, 0.2) is 42.5 Å². The number of ether oxygens (including phenoxy) is 2. The summed E-state index contributed by atoms with van der Waals surface area (Å²) in [5, 5.41) is 3.27. The molecule has 24 heavy (non-hydrogen) atoms. The fraction of sp³-hybridized carbons (Fsp3) is 0.235. The molecule has 2 aromatic carbocycles. The standard InChI is InChI=1S/C17H16Cl2FNO3/c1-11(24-15-7-3-6-14(18)16(15)19)17(22)21-8-9-23-13-5-2-4-12(20)10-13/h2-7,10-11H,8-9H2,1H3,(H,21,22). The lowest BCUT2D eigenvalue weighted by atomic mass is 10.3. The maximum atomic E-state index is 13.0. The zero-order valence-corrected chi connectivity index (χ0v) is 14.4. The topological polar surface area (TPSA) is 47.6 Å². The summed E-state index contributed by atoms with van der Waals surface area (Å²) in [5.41, 5.74) is 0. The zero-order valence-electron chi connectivity index (χ0n) is 12.9. The summed E-state index contributed by atoms with van der Waals surface area (Å²) < 4.78 is 23.8. The van der Waals surface area contributed by atoms with Gasteiger partial charge in [-0.15, -0.1) is 0 Å². The molecule has 1 N–H and O–H groups in total. The number of carbonyl (C=O) groups is 1. The van der Waals surface area contributed by atoms with E-state index in [9.17, 15) is 9.18 Å². The number of halogens is 3. The molecule has 0 radical (unpaired) electrons. The van der Waals surface area contributed by atoms with Crippen LogP contribution in [-0.2, 0) is 4.79 Å². The molecule has 0 aliphatic heterocycles. The van der Waals surface area contributed by atoms with E-state index < -0.39 is 6.10 Å². The third kappa shape index (κ3) is 5.28. The molecule has 7 heteroatoms. The van der Waals surface area contributed by atoms with Gasteiger partial charge >= 0.3 is 0 Å². The van der Waals surface area contributed by atoms with Gasteiger partial charge in [0, 0.05) is 6.07 Å². The molecule has 0 saturated carbocycles. The second-order valence-electron chi connectivity index (χ2n) is 4.91. The Morgan fingerprint density at radius 2 is 2.00 bits per heavy atom. The van der Waals surface area contributed by atoms with E-state index in [0.717, 1.165) is 0 Å². The van der Waals surface area contributed by atoms with Crippen molar-refractivity contribution in [3.05, 3.63) is 58.3 Å². The number of amides is 1. The summed E-state index contributed by atoms with van der Waals surface area (Å²) >= 11 is 11.9. The molecule has 0 spiro atoms. The fourth-order valence-electron chi connectivity index (χ4n) is 1.86. The molecule has 0 aromatic heterocycles. The average molecular weight is 372 g/mol. The Labute approximate surface area is 149 Å². The molecule has 0 aliphatic rings. The zero-order chi connectivity index (χ0) is 17.5. The van der Waals surface area contributed by atoms with Crippen LogP contribution in [0.4, 0.5) is 4.39 Å². The van der Waals surface area contributed by atoms with Crippen LogP contribution in [0, 0.1) is 5.82 Å². The van der Waals surface area contributed by atoms with Crippen LogP contribution >= 0.6 is 23.2 Å². The van der Waals surface area contributed by atoms with Gasteiger partial charge in [0.15, 0.2) is 6.10 Å². The van der Waals surface area contributed by atoms with Crippen LogP contribution in [0.2, 0.25) is 10.0 Å². The predicted octanol–water partition coefficient (Wildman–Crippen LogP) is 4.10. The Bertz CT molecular complexity index is 712. The van der Waals surface area contributed by atoms with Crippen LogP contribution in [-0.4, -0.2) is 25.2 Å². The van der Waals surface area contributed by atoms with Gasteiger partial charge in [-0.25, -0.2) is 4.39 Å². The first-order valence-corrected chi connectivity index (χ1v) is 7.99. The summed E-state index contributed by atoms with van der Waals surface area (Å²) in [5.74, 6) is 0.0351. The normalized spacial score (nSPS) is 11.7. The first-order valence-electron chi connectivity index (χ1n) is 7.24. The Morgan fingerprint density at radius 1 is 1.25 bits per heavy atom. The summed E-state index contributed by atoms with van der Waals surface area (Å²) in [7, 11) is 0. The third-order valence-corrected chi connectivity index (χ3v) is 3.86. The number of hydrogen-bond donors (Lipinski definition) is 1. The Morgan fingerprint density at radius 3 is 2.75 bits per heavy atom. The fourth-order valence-corrected chi connectivity index (χ4v) is 2.20. The lowest BCUT2D eigenvalue weighted by molar-refractivity contribution is -0.127. The van der Waals surface area contributed by atoms with Gasteiger partial charge in [0.25, 0.3) is 5.91 Å². The van der Waals surface area contributed by atoms with Crippen molar-refractivity contribution in [1.82, 2.24) is 5.32 Å². The monoisotopic (exact) mass is 371 g/mol. The molecule has 0 heterocycles. The van der Waals surface area contributed by atoms with Gasteiger partial charge in [-0.1, -0.05) is 35.3 Å². The second-order valence-corrected chi connectivity index (χ2v) is 5.69. The first kappa shape index (κ1) is 18.4. The molecule has 1 atom stereocenters. The predicted molar refractivity (Wildman–Crippen MR) is 91.5 cm³/mol. The highest BCUT2D eigenvalue weighted by molar-refractivity contribution is 6.42. The Kier molecular flexibility index (Phi) is 6.70. The van der Waals surface area contributed by atoms with E-state index in [0.29, 0.717) is 16.5 Å². The van der Waals surface area contributed by atoms with Crippen molar-refractivity contribution in [1.29, 1.82) is 0 Å². The summed E-state index contributed by atoms with van der Waals surface area (Å²) in [6, 6.07) is 10.7. The van der Waals surface area contributed by atoms with Gasteiger partial charge in [0.1, 0.15) is 28.9 Å². The van der Waals surface area contributed by atoms with E-state index >= 15 is 0 Å². The van der Waals surface area contributed by atoms with Gasteiger partial charge in [-0.05, 0) is 31.2 Å². The van der Waals surface area contributed by atoms with E-state index in [4.69, 9.17) is 32.7 Å². The quantitative estimate of drug-likeness (QED) is 0.745. The van der Waals surface area contributed by atoms with Crippen LogP contribution < -0.4 is 14.8 Å². The van der Waals surface area contributed by atoms with Gasteiger partial charge in [-0.3, -0.25) is 4.79 Å². The molecule has 4 nitrogen and oxygen atoms in total. The van der Waals surface area contributed by atoms with Gasteiger partial charge in [0.05, 0.1) is 11.6 Å². The van der Waals surface area contributed by atoms with E-state index in [2.05, 4.69) is 5.32 Å². The molecule has 0 bridgehead atoms. The molecule has 2 aromatic rings. The van der Waals surface area contributed by atoms with Crippen molar-refractivity contribution in [3.8, 4) is 11.5 Å². The van der Waals surface area contributed by atoms with Crippen molar-refractivity contribution in [2.75, 3.05) is 13.2 Å². The van der Waals surface area contributed by atoms with Crippen molar-refractivity contribution in [3.63, 3.8) is 0 Å². The Hall–Kier alpha value is -1.98. The lowest BCUT2D eigenvalue weighted by Gasteiger charge is -2.16. The van der Waals surface area contributed by atoms with E-state index in [1.165, 1.54) is 12.1 Å². The highest BCUT2D eigenvalue weighted by atomic mass is 35.5. The van der Waals surface area contributed by atoms with E-state index in [1.807, 2.05) is 0 Å². The minimum Gasteiger partial charge on any atom is -0.492 e. The molecular formula is C17H16Cl2FNO3. The number of benzene rings is 2. The molecule has 1 unspecified atom stereocenters. The van der Waals surface area contributed by atoms with Crippen molar-refractivity contribution >= 4 is 29.1 Å². The maximum Gasteiger partial charge on any atom is 0.260 e. The van der Waals surface area contributed by atoms with Gasteiger partial charge in [0.2, 0.25) is 0 Å². The molecule has 0 fully saturated rings. The van der Waals surface area contributed by atoms with Crippen molar-refractivity contribution < 1.29 is 18.7 Å². The van der Waals surface area contributed by atoms with E-state index in [1.54, 1.807) is 37.3 Å². The van der Waals surface area contributed by atoms with E-state index in [-0.39, 0.29) is 29.9 Å². The average Bonchev–Trinajstić information content (AvgIpc) is 2.55. The van der Waals surface area contributed by atoms with Gasteiger partial charge in [-0.2, -0.15) is 0 Å². The SMILES string of the molecule is CC(Oc1cccc(Cl)c1Cl)C(=O)NCCOc1cccc(F)c1. The molecule has 0 aliphatic carbocycles. The maximum absolute atomic E-state index is 13.0. The number of carbonyl (C=O) groups excluding carboxylic acids is 1. The lowest BCUT2D eigenvalue weighted by Crippen LogP contribution is -2.38. The number of rotatable bonds is 7.